The molecule has 0 radical (unpaired) electrons. The smallest absolute Gasteiger partial charge is 0.0378 e. The number of rotatable bonds is 1. The van der Waals surface area contributed by atoms with Gasteiger partial charge in [0, 0.05) is 30.2 Å². The van der Waals surface area contributed by atoms with Crippen molar-refractivity contribution in [2.45, 2.75) is 12.8 Å². The van der Waals surface area contributed by atoms with Crippen molar-refractivity contribution < 1.29 is 0 Å². The first-order valence-electron chi connectivity index (χ1n) is 5.71. The average Bonchev–Trinajstić information content (AvgIpc) is 2.39. The minimum atomic E-state index is 1.09. The van der Waals surface area contributed by atoms with Crippen molar-refractivity contribution in [1.29, 1.82) is 0 Å². The SMILES string of the molecule is c1cncc(-c2ccc3c(c2)NCCC3)c1. The van der Waals surface area contributed by atoms with Crippen LogP contribution in [0.1, 0.15) is 12.0 Å². The van der Waals surface area contributed by atoms with E-state index >= 15 is 0 Å². The van der Waals surface area contributed by atoms with E-state index in [1.165, 1.54) is 35.2 Å². The van der Waals surface area contributed by atoms with Gasteiger partial charge in [-0.05, 0) is 36.1 Å². The number of pyridine rings is 1. The lowest BCUT2D eigenvalue weighted by Gasteiger charge is -2.18. The molecule has 0 aliphatic carbocycles. The first-order valence-corrected chi connectivity index (χ1v) is 5.71. The minimum absolute atomic E-state index is 1.09. The molecule has 16 heavy (non-hydrogen) atoms. The lowest BCUT2D eigenvalue weighted by Crippen LogP contribution is -2.11. The Labute approximate surface area is 95.3 Å². The number of fused-ring (bicyclic) bond motifs is 1. The van der Waals surface area contributed by atoms with Gasteiger partial charge in [-0.1, -0.05) is 18.2 Å². The number of nitrogens with zero attached hydrogens (tertiary/aromatic N) is 1. The Morgan fingerprint density at radius 3 is 3.00 bits per heavy atom. The summed E-state index contributed by atoms with van der Waals surface area (Å²) >= 11 is 0. The summed E-state index contributed by atoms with van der Waals surface area (Å²) in [6.07, 6.45) is 6.14. The van der Waals surface area contributed by atoms with Gasteiger partial charge in [0.25, 0.3) is 0 Å². The van der Waals surface area contributed by atoms with Crippen LogP contribution < -0.4 is 5.32 Å². The fourth-order valence-corrected chi connectivity index (χ4v) is 2.17. The molecule has 0 saturated carbocycles. The van der Waals surface area contributed by atoms with E-state index < -0.39 is 0 Å². The second kappa shape index (κ2) is 3.97. The maximum Gasteiger partial charge on any atom is 0.0378 e. The summed E-state index contributed by atoms with van der Waals surface area (Å²) < 4.78 is 0. The standard InChI is InChI=1S/C14H14N2/c1-4-13(10-15-7-1)12-6-5-11-3-2-8-16-14(11)9-12/h1,4-7,9-10,16H,2-3,8H2. The maximum atomic E-state index is 4.15. The molecule has 2 aromatic rings. The molecule has 1 aliphatic rings. The van der Waals surface area contributed by atoms with Crippen molar-refractivity contribution in [2.24, 2.45) is 0 Å². The summed E-state index contributed by atoms with van der Waals surface area (Å²) in [6.45, 7) is 1.09. The number of aryl methyl sites for hydroxylation is 1. The van der Waals surface area contributed by atoms with Crippen molar-refractivity contribution in [3.63, 3.8) is 0 Å². The van der Waals surface area contributed by atoms with E-state index in [0.717, 1.165) is 6.54 Å². The zero-order valence-corrected chi connectivity index (χ0v) is 9.11. The van der Waals surface area contributed by atoms with Crippen LogP contribution >= 0.6 is 0 Å². The summed E-state index contributed by atoms with van der Waals surface area (Å²) in [5, 5.41) is 3.45. The molecule has 1 aromatic heterocycles. The van der Waals surface area contributed by atoms with Crippen LogP contribution in [-0.2, 0) is 6.42 Å². The summed E-state index contributed by atoms with van der Waals surface area (Å²) in [7, 11) is 0. The summed E-state index contributed by atoms with van der Waals surface area (Å²) in [4.78, 5) is 4.15. The molecule has 1 aliphatic heterocycles. The van der Waals surface area contributed by atoms with Gasteiger partial charge in [-0.2, -0.15) is 0 Å². The molecule has 0 fully saturated rings. The lowest BCUT2D eigenvalue weighted by molar-refractivity contribution is 0.830. The van der Waals surface area contributed by atoms with Gasteiger partial charge in [0.05, 0.1) is 0 Å². The molecule has 2 heterocycles. The number of hydrogen-bond donors (Lipinski definition) is 1. The van der Waals surface area contributed by atoms with Gasteiger partial charge in [-0.3, -0.25) is 4.98 Å². The molecule has 0 bridgehead atoms. The number of hydrogen-bond acceptors (Lipinski definition) is 2. The largest absolute Gasteiger partial charge is 0.385 e. The summed E-state index contributed by atoms with van der Waals surface area (Å²) in [5.41, 5.74) is 5.13. The average molecular weight is 210 g/mol. The second-order valence-electron chi connectivity index (χ2n) is 4.14. The quantitative estimate of drug-likeness (QED) is 0.782. The van der Waals surface area contributed by atoms with E-state index in [-0.39, 0.29) is 0 Å². The Bertz CT molecular complexity index is 491. The Morgan fingerprint density at radius 2 is 2.12 bits per heavy atom. The van der Waals surface area contributed by atoms with E-state index in [2.05, 4.69) is 34.6 Å². The molecule has 0 saturated heterocycles. The van der Waals surface area contributed by atoms with Gasteiger partial charge in [-0.25, -0.2) is 0 Å². The third-order valence-electron chi connectivity index (χ3n) is 3.04. The Balaban J connectivity index is 2.03. The van der Waals surface area contributed by atoms with Gasteiger partial charge < -0.3 is 5.32 Å². The molecule has 0 atom stereocenters. The zero-order valence-electron chi connectivity index (χ0n) is 9.11. The predicted molar refractivity (Wildman–Crippen MR) is 66.5 cm³/mol. The molecular weight excluding hydrogens is 196 g/mol. The van der Waals surface area contributed by atoms with Crippen LogP contribution in [0.25, 0.3) is 11.1 Å². The van der Waals surface area contributed by atoms with Crippen LogP contribution in [0.4, 0.5) is 5.69 Å². The molecule has 80 valence electrons. The van der Waals surface area contributed by atoms with E-state index in [9.17, 15) is 0 Å². The monoisotopic (exact) mass is 210 g/mol. The second-order valence-corrected chi connectivity index (χ2v) is 4.14. The van der Waals surface area contributed by atoms with Crippen LogP contribution in [-0.4, -0.2) is 11.5 Å². The van der Waals surface area contributed by atoms with Gasteiger partial charge in [-0.15, -0.1) is 0 Å². The molecular formula is C14H14N2. The van der Waals surface area contributed by atoms with E-state index in [1.807, 2.05) is 12.3 Å². The molecule has 2 nitrogen and oxygen atoms in total. The highest BCUT2D eigenvalue weighted by Crippen LogP contribution is 2.28. The van der Waals surface area contributed by atoms with Crippen LogP contribution in [0.2, 0.25) is 0 Å². The highest BCUT2D eigenvalue weighted by molar-refractivity contribution is 5.69. The maximum absolute atomic E-state index is 4.15. The van der Waals surface area contributed by atoms with Gasteiger partial charge in [0.2, 0.25) is 0 Å². The Kier molecular flexibility index (Phi) is 2.33. The van der Waals surface area contributed by atoms with E-state index in [0.29, 0.717) is 0 Å². The molecule has 0 amide bonds. The van der Waals surface area contributed by atoms with Crippen LogP contribution in [0.5, 0.6) is 0 Å². The molecule has 0 spiro atoms. The lowest BCUT2D eigenvalue weighted by atomic mass is 9.99. The Hall–Kier alpha value is -1.83. The van der Waals surface area contributed by atoms with Gasteiger partial charge >= 0.3 is 0 Å². The number of anilines is 1. The van der Waals surface area contributed by atoms with Gasteiger partial charge in [0.1, 0.15) is 0 Å². The predicted octanol–water partition coefficient (Wildman–Crippen LogP) is 3.11. The fourth-order valence-electron chi connectivity index (χ4n) is 2.17. The molecule has 1 N–H and O–H groups in total. The summed E-state index contributed by atoms with van der Waals surface area (Å²) in [6, 6.07) is 10.7. The molecule has 0 unspecified atom stereocenters. The Morgan fingerprint density at radius 1 is 1.12 bits per heavy atom. The van der Waals surface area contributed by atoms with E-state index in [1.54, 1.807) is 6.20 Å². The fraction of sp³-hybridized carbons (Fsp3) is 0.214. The molecule has 2 heteroatoms. The van der Waals surface area contributed by atoms with Crippen LogP contribution in [0.3, 0.4) is 0 Å². The van der Waals surface area contributed by atoms with Crippen molar-refractivity contribution in [3.8, 4) is 11.1 Å². The molecule has 3 rings (SSSR count). The first kappa shape index (κ1) is 9.40. The van der Waals surface area contributed by atoms with Crippen molar-refractivity contribution in [1.82, 2.24) is 4.98 Å². The van der Waals surface area contributed by atoms with Crippen molar-refractivity contribution in [2.75, 3.05) is 11.9 Å². The number of aromatic nitrogens is 1. The number of benzene rings is 1. The zero-order chi connectivity index (χ0) is 10.8. The van der Waals surface area contributed by atoms with E-state index in [4.69, 9.17) is 0 Å². The highest BCUT2D eigenvalue weighted by Gasteiger charge is 2.09. The normalized spacial score (nSPS) is 14.0. The summed E-state index contributed by atoms with van der Waals surface area (Å²) in [5.74, 6) is 0. The topological polar surface area (TPSA) is 24.9 Å². The number of nitrogens with one attached hydrogen (secondary N) is 1. The van der Waals surface area contributed by atoms with Crippen molar-refractivity contribution >= 4 is 5.69 Å². The van der Waals surface area contributed by atoms with Crippen molar-refractivity contribution in [3.05, 3.63) is 48.3 Å². The molecule has 1 aromatic carbocycles. The van der Waals surface area contributed by atoms with Crippen LogP contribution in [0.15, 0.2) is 42.7 Å². The van der Waals surface area contributed by atoms with Gasteiger partial charge in [0.15, 0.2) is 0 Å². The minimum Gasteiger partial charge on any atom is -0.385 e. The first-order chi connectivity index (χ1) is 7.93. The third kappa shape index (κ3) is 1.67. The highest BCUT2D eigenvalue weighted by atomic mass is 14.9. The van der Waals surface area contributed by atoms with Crippen LogP contribution in [0, 0.1) is 0 Å². The third-order valence-corrected chi connectivity index (χ3v) is 3.04.